The lowest BCUT2D eigenvalue weighted by Crippen LogP contribution is -2.24. The SMILES string of the molecule is Nc1c2c(cc(=O)n1-c1cc3ocnc3cc1Cl)C(=O)NC2=O. The molecular formula is C14H7ClN4O4. The molecule has 2 aromatic heterocycles. The van der Waals surface area contributed by atoms with Gasteiger partial charge in [-0.05, 0) is 6.07 Å². The summed E-state index contributed by atoms with van der Waals surface area (Å²) in [6, 6.07) is 4.05. The van der Waals surface area contributed by atoms with Crippen LogP contribution >= 0.6 is 11.6 Å². The van der Waals surface area contributed by atoms with Gasteiger partial charge in [0.1, 0.15) is 11.3 Å². The third kappa shape index (κ3) is 1.78. The van der Waals surface area contributed by atoms with Crippen LogP contribution in [0, 0.1) is 0 Å². The number of nitrogens with one attached hydrogen (secondary N) is 1. The van der Waals surface area contributed by atoms with Crippen molar-refractivity contribution >= 4 is 40.3 Å². The maximum absolute atomic E-state index is 12.4. The summed E-state index contributed by atoms with van der Waals surface area (Å²) in [5.41, 5.74) is 6.40. The summed E-state index contributed by atoms with van der Waals surface area (Å²) in [4.78, 5) is 39.8. The molecule has 1 aliphatic heterocycles. The fraction of sp³-hybridized carbons (Fsp3) is 0. The number of carbonyl (C=O) groups is 2. The lowest BCUT2D eigenvalue weighted by Gasteiger charge is -2.13. The number of imide groups is 1. The van der Waals surface area contributed by atoms with Crippen LogP contribution in [0.15, 0.2) is 33.8 Å². The molecule has 0 atom stereocenters. The molecule has 114 valence electrons. The van der Waals surface area contributed by atoms with Gasteiger partial charge in [0.05, 0.1) is 21.8 Å². The third-order valence-corrected chi connectivity index (χ3v) is 3.90. The molecule has 0 saturated carbocycles. The van der Waals surface area contributed by atoms with Crippen LogP contribution in [0.2, 0.25) is 5.02 Å². The molecule has 0 aliphatic carbocycles. The Morgan fingerprint density at radius 3 is 2.74 bits per heavy atom. The van der Waals surface area contributed by atoms with Crippen molar-refractivity contribution in [3.8, 4) is 5.69 Å². The van der Waals surface area contributed by atoms with Crippen LogP contribution in [0.5, 0.6) is 0 Å². The van der Waals surface area contributed by atoms with Crippen molar-refractivity contribution in [1.29, 1.82) is 0 Å². The number of anilines is 1. The van der Waals surface area contributed by atoms with Crippen molar-refractivity contribution in [3.63, 3.8) is 0 Å². The van der Waals surface area contributed by atoms with E-state index in [2.05, 4.69) is 10.3 Å². The Balaban J connectivity index is 2.08. The second-order valence-corrected chi connectivity index (χ2v) is 5.31. The van der Waals surface area contributed by atoms with E-state index in [-0.39, 0.29) is 27.7 Å². The summed E-state index contributed by atoms with van der Waals surface area (Å²) in [7, 11) is 0. The zero-order valence-corrected chi connectivity index (χ0v) is 12.0. The van der Waals surface area contributed by atoms with Crippen LogP contribution in [0.4, 0.5) is 5.82 Å². The van der Waals surface area contributed by atoms with Crippen molar-refractivity contribution in [3.05, 3.63) is 51.1 Å². The average Bonchev–Trinajstić information content (AvgIpc) is 3.03. The fourth-order valence-corrected chi connectivity index (χ4v) is 2.81. The first-order valence-corrected chi connectivity index (χ1v) is 6.79. The number of pyridine rings is 1. The summed E-state index contributed by atoms with van der Waals surface area (Å²) in [5, 5.41) is 2.30. The number of nitrogens with zero attached hydrogens (tertiary/aromatic N) is 2. The van der Waals surface area contributed by atoms with Gasteiger partial charge >= 0.3 is 0 Å². The maximum Gasteiger partial charge on any atom is 0.262 e. The molecule has 8 nitrogen and oxygen atoms in total. The van der Waals surface area contributed by atoms with E-state index in [1.807, 2.05) is 0 Å². The summed E-state index contributed by atoms with van der Waals surface area (Å²) in [6.07, 6.45) is 1.24. The van der Waals surface area contributed by atoms with Gasteiger partial charge < -0.3 is 10.2 Å². The average molecular weight is 331 g/mol. The molecule has 0 fully saturated rings. The summed E-state index contributed by atoms with van der Waals surface area (Å²) >= 11 is 6.19. The zero-order chi connectivity index (χ0) is 16.3. The Hall–Kier alpha value is -3.13. The van der Waals surface area contributed by atoms with E-state index < -0.39 is 17.4 Å². The van der Waals surface area contributed by atoms with E-state index in [1.54, 1.807) is 0 Å². The number of hydrogen-bond donors (Lipinski definition) is 2. The van der Waals surface area contributed by atoms with Gasteiger partial charge in [-0.2, -0.15) is 0 Å². The minimum Gasteiger partial charge on any atom is -0.443 e. The molecule has 9 heteroatoms. The summed E-state index contributed by atoms with van der Waals surface area (Å²) in [5.74, 6) is -1.48. The lowest BCUT2D eigenvalue weighted by atomic mass is 10.1. The van der Waals surface area contributed by atoms with E-state index >= 15 is 0 Å². The predicted octanol–water partition coefficient (Wildman–Crippen LogP) is 1.10. The van der Waals surface area contributed by atoms with Gasteiger partial charge in [-0.15, -0.1) is 0 Å². The number of nitrogens with two attached hydrogens (primary N) is 1. The molecule has 4 rings (SSSR count). The first-order chi connectivity index (χ1) is 11.0. The minimum atomic E-state index is -0.659. The minimum absolute atomic E-state index is 0.0504. The first-order valence-electron chi connectivity index (χ1n) is 6.41. The Morgan fingerprint density at radius 1 is 1.17 bits per heavy atom. The van der Waals surface area contributed by atoms with Gasteiger partial charge in [0.2, 0.25) is 0 Å². The number of carbonyl (C=O) groups excluding carboxylic acids is 2. The van der Waals surface area contributed by atoms with Crippen molar-refractivity contribution < 1.29 is 14.0 Å². The molecule has 2 amide bonds. The second-order valence-electron chi connectivity index (χ2n) is 4.90. The Labute approximate surface area is 132 Å². The lowest BCUT2D eigenvalue weighted by molar-refractivity contribution is 0.0880. The summed E-state index contributed by atoms with van der Waals surface area (Å²) in [6.45, 7) is 0. The van der Waals surface area contributed by atoms with E-state index in [0.717, 1.165) is 10.6 Å². The quantitative estimate of drug-likeness (QED) is 0.644. The topological polar surface area (TPSA) is 120 Å². The highest BCUT2D eigenvalue weighted by molar-refractivity contribution is 6.33. The van der Waals surface area contributed by atoms with Crippen molar-refractivity contribution in [2.24, 2.45) is 0 Å². The number of nitrogen functional groups attached to an aromatic ring is 1. The highest BCUT2D eigenvalue weighted by atomic mass is 35.5. The fourth-order valence-electron chi connectivity index (χ4n) is 2.57. The molecule has 0 spiro atoms. The molecule has 3 N–H and O–H groups in total. The largest absolute Gasteiger partial charge is 0.443 e. The van der Waals surface area contributed by atoms with E-state index in [4.69, 9.17) is 21.8 Å². The molecule has 0 bridgehead atoms. The maximum atomic E-state index is 12.4. The normalized spacial score (nSPS) is 13.4. The number of halogens is 1. The van der Waals surface area contributed by atoms with Crippen LogP contribution < -0.4 is 16.6 Å². The Bertz CT molecular complexity index is 1080. The van der Waals surface area contributed by atoms with Crippen LogP contribution in [0.3, 0.4) is 0 Å². The number of amides is 2. The highest BCUT2D eigenvalue weighted by Gasteiger charge is 2.32. The first kappa shape index (κ1) is 13.5. The number of oxazole rings is 1. The van der Waals surface area contributed by atoms with Crippen LogP contribution in [-0.4, -0.2) is 21.4 Å². The van der Waals surface area contributed by atoms with Crippen LogP contribution in [-0.2, 0) is 0 Å². The van der Waals surface area contributed by atoms with Gasteiger partial charge in [0, 0.05) is 12.1 Å². The standard InChI is InChI=1S/C14H7ClN4O4/c15-6-2-7-9(23-4-17-7)3-8(6)19-10(20)1-5-11(12(19)16)14(22)18-13(5)21/h1-4H,16H2,(H,18,21,22). The van der Waals surface area contributed by atoms with Gasteiger partial charge in [0.15, 0.2) is 12.0 Å². The molecular weight excluding hydrogens is 324 g/mol. The van der Waals surface area contributed by atoms with Crippen molar-refractivity contribution in [2.75, 3.05) is 5.73 Å². The van der Waals surface area contributed by atoms with Crippen molar-refractivity contribution in [2.45, 2.75) is 0 Å². The smallest absolute Gasteiger partial charge is 0.262 e. The molecule has 1 aliphatic rings. The van der Waals surface area contributed by atoms with Crippen molar-refractivity contribution in [1.82, 2.24) is 14.9 Å². The van der Waals surface area contributed by atoms with Gasteiger partial charge in [-0.1, -0.05) is 11.6 Å². The zero-order valence-electron chi connectivity index (χ0n) is 11.3. The molecule has 0 radical (unpaired) electrons. The molecule has 3 aromatic rings. The Kier molecular flexibility index (Phi) is 2.61. The second kappa shape index (κ2) is 4.43. The Morgan fingerprint density at radius 2 is 1.96 bits per heavy atom. The molecule has 0 saturated heterocycles. The van der Waals surface area contributed by atoms with Gasteiger partial charge in [0.25, 0.3) is 17.4 Å². The third-order valence-electron chi connectivity index (χ3n) is 3.59. The van der Waals surface area contributed by atoms with E-state index in [1.165, 1.54) is 18.5 Å². The monoisotopic (exact) mass is 330 g/mol. The predicted molar refractivity (Wildman–Crippen MR) is 80.8 cm³/mol. The number of rotatable bonds is 1. The molecule has 23 heavy (non-hydrogen) atoms. The molecule has 1 aromatic carbocycles. The highest BCUT2D eigenvalue weighted by Crippen LogP contribution is 2.29. The molecule has 0 unspecified atom stereocenters. The van der Waals surface area contributed by atoms with Crippen LogP contribution in [0.1, 0.15) is 20.7 Å². The van der Waals surface area contributed by atoms with Gasteiger partial charge in [-0.3, -0.25) is 24.3 Å². The summed E-state index contributed by atoms with van der Waals surface area (Å²) < 4.78 is 6.24. The number of benzene rings is 1. The van der Waals surface area contributed by atoms with Gasteiger partial charge in [-0.25, -0.2) is 4.98 Å². The number of hydrogen-bond acceptors (Lipinski definition) is 6. The van der Waals surface area contributed by atoms with E-state index in [0.29, 0.717) is 11.1 Å². The van der Waals surface area contributed by atoms with E-state index in [9.17, 15) is 14.4 Å². The number of aromatic nitrogens is 2. The number of fused-ring (bicyclic) bond motifs is 2. The molecule has 3 heterocycles. The van der Waals surface area contributed by atoms with Crippen LogP contribution in [0.25, 0.3) is 16.8 Å².